The lowest BCUT2D eigenvalue weighted by molar-refractivity contribution is 0.215. The van der Waals surface area contributed by atoms with Crippen molar-refractivity contribution < 1.29 is 9.94 Å². The van der Waals surface area contributed by atoms with Crippen molar-refractivity contribution in [2.45, 2.75) is 0 Å². The molecule has 0 amide bonds. The predicted octanol–water partition coefficient (Wildman–Crippen LogP) is 2.45. The van der Waals surface area contributed by atoms with E-state index < -0.39 is 0 Å². The second kappa shape index (κ2) is 5.67. The van der Waals surface area contributed by atoms with E-state index in [1.54, 1.807) is 12.1 Å². The highest BCUT2D eigenvalue weighted by Gasteiger charge is 1.97. The first-order valence-corrected chi connectivity index (χ1v) is 3.67. The number of hydrogen-bond donors (Lipinski definition) is 1. The monoisotopic (exact) mass is 221 g/mol. The van der Waals surface area contributed by atoms with Crippen molar-refractivity contribution >= 4 is 30.2 Å². The van der Waals surface area contributed by atoms with Crippen LogP contribution < -0.4 is 0 Å². The number of benzene rings is 1. The molecule has 0 unspecified atom stereocenters. The van der Waals surface area contributed by atoms with Gasteiger partial charge in [-0.25, -0.2) is 0 Å². The molecule has 1 aromatic carbocycles. The molecule has 1 N–H and O–H groups in total. The number of halogens is 2. The summed E-state index contributed by atoms with van der Waals surface area (Å²) in [4.78, 5) is 4.48. The molecule has 0 fully saturated rings. The van der Waals surface area contributed by atoms with Crippen LogP contribution in [0.5, 0.6) is 5.75 Å². The Bertz CT molecular complexity index is 302. The van der Waals surface area contributed by atoms with E-state index >= 15 is 0 Å². The van der Waals surface area contributed by atoms with Crippen LogP contribution >= 0.6 is 24.0 Å². The zero-order valence-electron chi connectivity index (χ0n) is 6.90. The number of oxime groups is 1. The van der Waals surface area contributed by atoms with E-state index in [2.05, 4.69) is 9.99 Å². The third-order valence-electron chi connectivity index (χ3n) is 1.28. The van der Waals surface area contributed by atoms with Gasteiger partial charge in [-0.1, -0.05) is 16.8 Å². The SMILES string of the molecule is CON=Cc1ccc(O)c(Cl)c1.Cl. The normalized spacial score (nSPS) is 9.69. The summed E-state index contributed by atoms with van der Waals surface area (Å²) in [5.74, 6) is 0.0613. The quantitative estimate of drug-likeness (QED) is 0.616. The predicted molar refractivity (Wildman–Crippen MR) is 55.0 cm³/mol. The van der Waals surface area contributed by atoms with Gasteiger partial charge in [0.2, 0.25) is 0 Å². The fraction of sp³-hybridized carbons (Fsp3) is 0.125. The van der Waals surface area contributed by atoms with Crippen molar-refractivity contribution in [3.8, 4) is 5.75 Å². The van der Waals surface area contributed by atoms with Crippen LogP contribution in [0, 0.1) is 0 Å². The van der Waals surface area contributed by atoms with Crippen LogP contribution in [-0.2, 0) is 4.84 Å². The zero-order valence-corrected chi connectivity index (χ0v) is 8.47. The van der Waals surface area contributed by atoms with Crippen molar-refractivity contribution in [3.63, 3.8) is 0 Å². The van der Waals surface area contributed by atoms with Gasteiger partial charge in [-0.15, -0.1) is 12.4 Å². The van der Waals surface area contributed by atoms with Gasteiger partial charge in [0.05, 0.1) is 11.2 Å². The van der Waals surface area contributed by atoms with E-state index in [0.29, 0.717) is 5.02 Å². The Morgan fingerprint density at radius 3 is 2.77 bits per heavy atom. The topological polar surface area (TPSA) is 41.8 Å². The number of rotatable bonds is 2. The minimum atomic E-state index is 0. The Morgan fingerprint density at radius 2 is 2.23 bits per heavy atom. The van der Waals surface area contributed by atoms with Gasteiger partial charge >= 0.3 is 0 Å². The molecular weight excluding hydrogens is 213 g/mol. The van der Waals surface area contributed by atoms with Crippen molar-refractivity contribution in [1.82, 2.24) is 0 Å². The van der Waals surface area contributed by atoms with E-state index in [1.165, 1.54) is 19.4 Å². The van der Waals surface area contributed by atoms with E-state index in [-0.39, 0.29) is 18.2 Å². The first kappa shape index (κ1) is 12.1. The molecular formula is C8H9Cl2NO2. The molecule has 0 bridgehead atoms. The lowest BCUT2D eigenvalue weighted by Gasteiger charge is -1.96. The highest BCUT2D eigenvalue weighted by molar-refractivity contribution is 6.32. The summed E-state index contributed by atoms with van der Waals surface area (Å²) >= 11 is 5.64. The molecule has 5 heteroatoms. The van der Waals surface area contributed by atoms with Crippen molar-refractivity contribution in [1.29, 1.82) is 0 Å². The number of hydrogen-bond acceptors (Lipinski definition) is 3. The number of phenolic OH excluding ortho intramolecular Hbond substituents is 1. The lowest BCUT2D eigenvalue weighted by atomic mass is 10.2. The van der Waals surface area contributed by atoms with Gasteiger partial charge in [-0.2, -0.15) is 0 Å². The maximum Gasteiger partial charge on any atom is 0.134 e. The van der Waals surface area contributed by atoms with Crippen LogP contribution in [0.1, 0.15) is 5.56 Å². The lowest BCUT2D eigenvalue weighted by Crippen LogP contribution is -1.81. The van der Waals surface area contributed by atoms with Crippen LogP contribution in [0.15, 0.2) is 23.4 Å². The first-order valence-electron chi connectivity index (χ1n) is 3.29. The summed E-state index contributed by atoms with van der Waals surface area (Å²) in [5, 5.41) is 12.9. The molecule has 72 valence electrons. The minimum absolute atomic E-state index is 0. The highest BCUT2D eigenvalue weighted by atomic mass is 35.5. The maximum atomic E-state index is 9.06. The summed E-state index contributed by atoms with van der Waals surface area (Å²) < 4.78 is 0. The average Bonchev–Trinajstić information content (AvgIpc) is 2.07. The summed E-state index contributed by atoms with van der Waals surface area (Å²) in [5.41, 5.74) is 0.777. The minimum Gasteiger partial charge on any atom is -0.506 e. The van der Waals surface area contributed by atoms with E-state index in [9.17, 15) is 0 Å². The molecule has 3 nitrogen and oxygen atoms in total. The molecule has 0 spiro atoms. The average molecular weight is 222 g/mol. The summed E-state index contributed by atoms with van der Waals surface area (Å²) in [7, 11) is 1.46. The Morgan fingerprint density at radius 1 is 1.54 bits per heavy atom. The van der Waals surface area contributed by atoms with Gasteiger partial charge in [-0.3, -0.25) is 0 Å². The highest BCUT2D eigenvalue weighted by Crippen LogP contribution is 2.22. The summed E-state index contributed by atoms with van der Waals surface area (Å²) in [6.45, 7) is 0. The summed E-state index contributed by atoms with van der Waals surface area (Å²) in [6, 6.07) is 4.78. The second-order valence-electron chi connectivity index (χ2n) is 2.13. The smallest absolute Gasteiger partial charge is 0.134 e. The molecule has 0 aliphatic carbocycles. The molecule has 0 aliphatic rings. The van der Waals surface area contributed by atoms with Gasteiger partial charge in [0.25, 0.3) is 0 Å². The fourth-order valence-corrected chi connectivity index (χ4v) is 0.906. The Kier molecular flexibility index (Phi) is 5.26. The van der Waals surface area contributed by atoms with Crippen LogP contribution in [0.25, 0.3) is 0 Å². The van der Waals surface area contributed by atoms with Gasteiger partial charge in [0.1, 0.15) is 12.9 Å². The Hall–Kier alpha value is -0.930. The molecule has 0 aromatic heterocycles. The molecule has 0 saturated heterocycles. The fourth-order valence-electron chi connectivity index (χ4n) is 0.717. The third-order valence-corrected chi connectivity index (χ3v) is 1.58. The molecule has 0 saturated carbocycles. The molecule has 0 aliphatic heterocycles. The molecule has 0 heterocycles. The molecule has 0 radical (unpaired) electrons. The Balaban J connectivity index is 0.00000144. The second-order valence-corrected chi connectivity index (χ2v) is 2.54. The first-order chi connectivity index (χ1) is 5.74. The number of nitrogens with zero attached hydrogens (tertiary/aromatic N) is 1. The van der Waals surface area contributed by atoms with Crippen LogP contribution in [0.2, 0.25) is 5.02 Å². The summed E-state index contributed by atoms with van der Waals surface area (Å²) in [6.07, 6.45) is 1.51. The largest absolute Gasteiger partial charge is 0.506 e. The van der Waals surface area contributed by atoms with Gasteiger partial charge in [0, 0.05) is 0 Å². The molecule has 0 atom stereocenters. The standard InChI is InChI=1S/C8H8ClNO2.ClH/c1-12-10-5-6-2-3-8(11)7(9)4-6;/h2-5,11H,1H3;1H. The maximum absolute atomic E-state index is 9.06. The molecule has 13 heavy (non-hydrogen) atoms. The van der Waals surface area contributed by atoms with Gasteiger partial charge in [0.15, 0.2) is 0 Å². The van der Waals surface area contributed by atoms with Crippen molar-refractivity contribution in [2.24, 2.45) is 5.16 Å². The van der Waals surface area contributed by atoms with Crippen LogP contribution in [0.3, 0.4) is 0 Å². The van der Waals surface area contributed by atoms with Crippen LogP contribution in [-0.4, -0.2) is 18.4 Å². The van der Waals surface area contributed by atoms with E-state index in [0.717, 1.165) is 5.56 Å². The molecule has 1 rings (SSSR count). The van der Waals surface area contributed by atoms with Gasteiger partial charge in [-0.05, 0) is 23.8 Å². The van der Waals surface area contributed by atoms with Crippen LogP contribution in [0.4, 0.5) is 0 Å². The molecule has 1 aromatic rings. The third kappa shape index (κ3) is 3.53. The van der Waals surface area contributed by atoms with Gasteiger partial charge < -0.3 is 9.94 Å². The van der Waals surface area contributed by atoms with Crippen molar-refractivity contribution in [2.75, 3.05) is 7.11 Å². The van der Waals surface area contributed by atoms with E-state index in [1.807, 2.05) is 0 Å². The Labute approximate surface area is 87.4 Å². The number of phenols is 1. The number of aromatic hydroxyl groups is 1. The van der Waals surface area contributed by atoms with Crippen molar-refractivity contribution in [3.05, 3.63) is 28.8 Å². The van der Waals surface area contributed by atoms with E-state index in [4.69, 9.17) is 16.7 Å². The zero-order chi connectivity index (χ0) is 8.97.